The monoisotopic (exact) mass is 227 g/mol. The average molecular weight is 227 g/mol. The van der Waals surface area contributed by atoms with Crippen molar-refractivity contribution in [2.75, 3.05) is 13.6 Å². The first-order chi connectivity index (χ1) is 6.89. The van der Waals surface area contributed by atoms with Gasteiger partial charge in [-0.05, 0) is 45.2 Å². The number of nitrogens with one attached hydrogen (secondary N) is 1. The van der Waals surface area contributed by atoms with E-state index in [1.807, 2.05) is 0 Å². The third-order valence-corrected chi connectivity index (χ3v) is 3.11. The van der Waals surface area contributed by atoms with Gasteiger partial charge in [0, 0.05) is 0 Å². The lowest BCUT2D eigenvalue weighted by molar-refractivity contribution is -0.244. The lowest BCUT2D eigenvalue weighted by Crippen LogP contribution is -2.45. The maximum Gasteiger partial charge on any atom is 0.422 e. The zero-order valence-electron chi connectivity index (χ0n) is 8.83. The van der Waals surface area contributed by atoms with E-state index < -0.39 is 11.8 Å². The molecule has 1 fully saturated rings. The van der Waals surface area contributed by atoms with Crippen molar-refractivity contribution < 1.29 is 17.6 Å². The molecule has 1 nitrogen and oxygen atoms in total. The molecule has 0 amide bonds. The molecule has 0 spiro atoms. The maximum atomic E-state index is 13.6. The summed E-state index contributed by atoms with van der Waals surface area (Å²) in [6.45, 7) is 0.651. The van der Waals surface area contributed by atoms with Crippen molar-refractivity contribution in [3.05, 3.63) is 0 Å². The number of hydrogen-bond donors (Lipinski definition) is 1. The van der Waals surface area contributed by atoms with Crippen molar-refractivity contribution in [2.24, 2.45) is 5.92 Å². The highest BCUT2D eigenvalue weighted by Gasteiger charge is 2.57. The van der Waals surface area contributed by atoms with Crippen LogP contribution < -0.4 is 5.32 Å². The van der Waals surface area contributed by atoms with Gasteiger partial charge in [0.25, 0.3) is 0 Å². The second-order valence-electron chi connectivity index (χ2n) is 4.32. The van der Waals surface area contributed by atoms with Crippen LogP contribution in [0.2, 0.25) is 0 Å². The lowest BCUT2D eigenvalue weighted by Gasteiger charge is -2.36. The molecule has 0 aliphatic heterocycles. The summed E-state index contributed by atoms with van der Waals surface area (Å²) >= 11 is 0. The summed E-state index contributed by atoms with van der Waals surface area (Å²) in [5, 5.41) is 2.88. The van der Waals surface area contributed by atoms with E-state index in [-0.39, 0.29) is 18.8 Å². The molecule has 0 aromatic carbocycles. The quantitative estimate of drug-likeness (QED) is 0.731. The molecule has 0 heterocycles. The molecule has 2 unspecified atom stereocenters. The Morgan fingerprint density at radius 2 is 2.07 bits per heavy atom. The Kier molecular flexibility index (Phi) is 3.98. The molecule has 0 radical (unpaired) electrons. The smallest absolute Gasteiger partial charge is 0.320 e. The van der Waals surface area contributed by atoms with Crippen molar-refractivity contribution in [3.63, 3.8) is 0 Å². The van der Waals surface area contributed by atoms with Gasteiger partial charge in [-0.2, -0.15) is 13.2 Å². The van der Waals surface area contributed by atoms with E-state index in [9.17, 15) is 17.6 Å². The molecule has 1 aliphatic rings. The van der Waals surface area contributed by atoms with E-state index in [4.69, 9.17) is 0 Å². The van der Waals surface area contributed by atoms with Crippen LogP contribution >= 0.6 is 0 Å². The minimum Gasteiger partial charge on any atom is -0.320 e. The number of hydrogen-bond acceptors (Lipinski definition) is 1. The van der Waals surface area contributed by atoms with Crippen LogP contribution in [0.4, 0.5) is 17.6 Å². The largest absolute Gasteiger partial charge is 0.422 e. The molecule has 1 saturated carbocycles. The molecular formula is C10H17F4N. The van der Waals surface area contributed by atoms with Gasteiger partial charge in [-0.3, -0.25) is 0 Å². The number of alkyl halides is 4. The molecule has 0 aromatic rings. The molecule has 5 heteroatoms. The minimum absolute atomic E-state index is 0.141. The molecule has 0 bridgehead atoms. The van der Waals surface area contributed by atoms with Gasteiger partial charge in [-0.15, -0.1) is 0 Å². The highest BCUT2D eigenvalue weighted by Crippen LogP contribution is 2.47. The van der Waals surface area contributed by atoms with E-state index in [0.717, 1.165) is 0 Å². The Balaban J connectivity index is 2.55. The number of rotatable bonds is 3. The molecule has 0 aromatic heterocycles. The van der Waals surface area contributed by atoms with Gasteiger partial charge in [0.1, 0.15) is 0 Å². The summed E-state index contributed by atoms with van der Waals surface area (Å²) in [5.74, 6) is -0.141. The summed E-state index contributed by atoms with van der Waals surface area (Å²) in [5.41, 5.74) is -2.94. The standard InChI is InChI=1S/C10H17F4N/c1-15-6-4-8-3-2-5-9(11,7-8)10(12,13)14/h8,15H,2-7H2,1H3. The lowest BCUT2D eigenvalue weighted by atomic mass is 9.77. The van der Waals surface area contributed by atoms with Crippen LogP contribution in [0.15, 0.2) is 0 Å². The van der Waals surface area contributed by atoms with Crippen LogP contribution in [0.5, 0.6) is 0 Å². The Labute approximate surface area is 87.2 Å². The van der Waals surface area contributed by atoms with Crippen LogP contribution in [0.1, 0.15) is 32.1 Å². The molecule has 0 saturated heterocycles. The Morgan fingerprint density at radius 1 is 1.40 bits per heavy atom. The second-order valence-corrected chi connectivity index (χ2v) is 4.32. The van der Waals surface area contributed by atoms with Gasteiger partial charge in [-0.1, -0.05) is 6.42 Å². The van der Waals surface area contributed by atoms with Crippen LogP contribution in [0.3, 0.4) is 0 Å². The minimum atomic E-state index is -4.70. The maximum absolute atomic E-state index is 13.6. The van der Waals surface area contributed by atoms with Crippen LogP contribution in [-0.2, 0) is 0 Å². The molecule has 2 atom stereocenters. The topological polar surface area (TPSA) is 12.0 Å². The Hall–Kier alpha value is -0.320. The fourth-order valence-corrected chi connectivity index (χ4v) is 2.18. The van der Waals surface area contributed by atoms with E-state index in [1.165, 1.54) is 0 Å². The highest BCUT2D eigenvalue weighted by atomic mass is 19.4. The van der Waals surface area contributed by atoms with Crippen molar-refractivity contribution in [1.82, 2.24) is 5.32 Å². The van der Waals surface area contributed by atoms with Gasteiger partial charge in [0.15, 0.2) is 0 Å². The van der Waals surface area contributed by atoms with E-state index >= 15 is 0 Å². The van der Waals surface area contributed by atoms with Crippen LogP contribution in [0, 0.1) is 5.92 Å². The third kappa shape index (κ3) is 3.06. The highest BCUT2D eigenvalue weighted by molar-refractivity contribution is 4.92. The number of halogens is 4. The van der Waals surface area contributed by atoms with Crippen molar-refractivity contribution >= 4 is 0 Å². The van der Waals surface area contributed by atoms with Crippen molar-refractivity contribution in [3.8, 4) is 0 Å². The van der Waals surface area contributed by atoms with E-state index in [0.29, 0.717) is 25.8 Å². The van der Waals surface area contributed by atoms with Crippen LogP contribution in [0.25, 0.3) is 0 Å². The zero-order chi connectivity index (χ0) is 11.5. The summed E-state index contributed by atoms with van der Waals surface area (Å²) < 4.78 is 50.9. The average Bonchev–Trinajstić information content (AvgIpc) is 2.13. The first-order valence-electron chi connectivity index (χ1n) is 5.29. The molecular weight excluding hydrogens is 210 g/mol. The van der Waals surface area contributed by atoms with E-state index in [1.54, 1.807) is 7.05 Å². The predicted molar refractivity (Wildman–Crippen MR) is 50.4 cm³/mol. The summed E-state index contributed by atoms with van der Waals surface area (Å²) in [6.07, 6.45) is -3.76. The molecule has 1 N–H and O–H groups in total. The Morgan fingerprint density at radius 3 is 2.60 bits per heavy atom. The first kappa shape index (κ1) is 12.7. The third-order valence-electron chi connectivity index (χ3n) is 3.11. The molecule has 1 aliphatic carbocycles. The zero-order valence-corrected chi connectivity index (χ0v) is 8.83. The summed E-state index contributed by atoms with van der Waals surface area (Å²) in [7, 11) is 1.75. The Bertz CT molecular complexity index is 204. The van der Waals surface area contributed by atoms with Gasteiger partial charge in [0.2, 0.25) is 5.67 Å². The fourth-order valence-electron chi connectivity index (χ4n) is 2.18. The van der Waals surface area contributed by atoms with Crippen LogP contribution in [-0.4, -0.2) is 25.4 Å². The van der Waals surface area contributed by atoms with E-state index in [2.05, 4.69) is 5.32 Å². The van der Waals surface area contributed by atoms with Gasteiger partial charge in [-0.25, -0.2) is 4.39 Å². The summed E-state index contributed by atoms with van der Waals surface area (Å²) in [6, 6.07) is 0. The van der Waals surface area contributed by atoms with Crippen molar-refractivity contribution in [1.29, 1.82) is 0 Å². The van der Waals surface area contributed by atoms with Crippen molar-refractivity contribution in [2.45, 2.75) is 43.9 Å². The summed E-state index contributed by atoms with van der Waals surface area (Å²) in [4.78, 5) is 0. The predicted octanol–water partition coefficient (Wildman–Crippen LogP) is 3.06. The van der Waals surface area contributed by atoms with Gasteiger partial charge >= 0.3 is 6.18 Å². The molecule has 1 rings (SSSR count). The second kappa shape index (κ2) is 4.68. The molecule has 15 heavy (non-hydrogen) atoms. The SMILES string of the molecule is CNCCC1CCCC(F)(C(F)(F)F)C1. The first-order valence-corrected chi connectivity index (χ1v) is 5.29. The van der Waals surface area contributed by atoms with Gasteiger partial charge < -0.3 is 5.32 Å². The fraction of sp³-hybridized carbons (Fsp3) is 1.00. The van der Waals surface area contributed by atoms with Gasteiger partial charge in [0.05, 0.1) is 0 Å². The normalized spacial score (nSPS) is 33.0. The molecule has 90 valence electrons.